The van der Waals surface area contributed by atoms with Crippen molar-refractivity contribution in [1.82, 2.24) is 15.0 Å². The second-order valence-corrected chi connectivity index (χ2v) is 6.85. The predicted molar refractivity (Wildman–Crippen MR) is 107 cm³/mol. The summed E-state index contributed by atoms with van der Waals surface area (Å²) in [5, 5.41) is 4.79. The highest BCUT2D eigenvalue weighted by Crippen LogP contribution is 2.17. The number of esters is 1. The molecule has 2 heterocycles. The Labute approximate surface area is 168 Å². The van der Waals surface area contributed by atoms with Gasteiger partial charge in [0, 0.05) is 5.39 Å². The van der Waals surface area contributed by atoms with E-state index < -0.39 is 16.7 Å². The molecule has 0 saturated heterocycles. The van der Waals surface area contributed by atoms with E-state index in [1.807, 2.05) is 18.2 Å². The third kappa shape index (κ3) is 4.44. The number of benzene rings is 1. The molecule has 1 aromatic carbocycles. The van der Waals surface area contributed by atoms with E-state index >= 15 is 0 Å². The smallest absolute Gasteiger partial charge is 0.326 e. The standard InChI is InChI=1S/C18H15ClN4O4S/c1-2-27-15(24)10-23-16(19)14(28-18(23)26)9-20-22-17(25)13-8-7-11-5-3-4-6-12(11)21-13/h3-9H,2,10H2,1H3,(H,22,25). The number of aromatic nitrogens is 2. The third-order valence-corrected chi connectivity index (χ3v) is 5.06. The van der Waals surface area contributed by atoms with Gasteiger partial charge in [0.15, 0.2) is 0 Å². The van der Waals surface area contributed by atoms with Gasteiger partial charge in [0.25, 0.3) is 5.91 Å². The number of para-hydroxylation sites is 1. The lowest BCUT2D eigenvalue weighted by atomic mass is 10.2. The Morgan fingerprint density at radius 2 is 2.11 bits per heavy atom. The van der Waals surface area contributed by atoms with Crippen molar-refractivity contribution in [3.05, 3.63) is 61.8 Å². The number of amides is 1. The number of hydrogen-bond acceptors (Lipinski definition) is 7. The van der Waals surface area contributed by atoms with Gasteiger partial charge in [-0.05, 0) is 19.1 Å². The van der Waals surface area contributed by atoms with E-state index in [0.717, 1.165) is 21.3 Å². The van der Waals surface area contributed by atoms with Crippen LogP contribution in [-0.2, 0) is 16.1 Å². The molecule has 0 aliphatic rings. The number of rotatable bonds is 6. The molecule has 0 spiro atoms. The maximum absolute atomic E-state index is 12.2. The summed E-state index contributed by atoms with van der Waals surface area (Å²) in [5.74, 6) is -1.07. The Kier molecular flexibility index (Phi) is 6.17. The molecule has 10 heteroatoms. The highest BCUT2D eigenvalue weighted by Gasteiger charge is 2.15. The molecule has 3 aromatic rings. The summed E-state index contributed by atoms with van der Waals surface area (Å²) < 4.78 is 5.89. The van der Waals surface area contributed by atoms with Crippen molar-refractivity contribution in [3.63, 3.8) is 0 Å². The first-order chi connectivity index (χ1) is 13.5. The Balaban J connectivity index is 1.70. The average Bonchev–Trinajstić information content (AvgIpc) is 2.95. The van der Waals surface area contributed by atoms with E-state index in [-0.39, 0.29) is 24.0 Å². The minimum Gasteiger partial charge on any atom is -0.465 e. The Morgan fingerprint density at radius 1 is 1.32 bits per heavy atom. The van der Waals surface area contributed by atoms with Crippen molar-refractivity contribution in [1.29, 1.82) is 0 Å². The van der Waals surface area contributed by atoms with Gasteiger partial charge in [-0.25, -0.2) is 10.4 Å². The van der Waals surface area contributed by atoms with Crippen LogP contribution in [0.1, 0.15) is 22.3 Å². The SMILES string of the molecule is CCOC(=O)Cn1c(Cl)c(C=NNC(=O)c2ccc3ccccc3n2)sc1=O. The number of hydrogen-bond donors (Lipinski definition) is 1. The maximum Gasteiger partial charge on any atom is 0.326 e. The molecule has 0 atom stereocenters. The van der Waals surface area contributed by atoms with E-state index in [0.29, 0.717) is 10.4 Å². The molecule has 0 aliphatic carbocycles. The number of nitrogens with zero attached hydrogens (tertiary/aromatic N) is 3. The zero-order valence-corrected chi connectivity index (χ0v) is 16.3. The van der Waals surface area contributed by atoms with Crippen LogP contribution in [-0.4, -0.2) is 34.2 Å². The number of halogens is 1. The lowest BCUT2D eigenvalue weighted by molar-refractivity contribution is -0.143. The van der Waals surface area contributed by atoms with E-state index in [1.165, 1.54) is 6.21 Å². The molecule has 0 saturated carbocycles. The highest BCUT2D eigenvalue weighted by atomic mass is 35.5. The number of pyridine rings is 1. The number of carbonyl (C=O) groups is 2. The lowest BCUT2D eigenvalue weighted by Gasteiger charge is -2.03. The van der Waals surface area contributed by atoms with Crippen molar-refractivity contribution < 1.29 is 14.3 Å². The molecule has 1 N–H and O–H groups in total. The Hall–Kier alpha value is -3.04. The van der Waals surface area contributed by atoms with E-state index in [2.05, 4.69) is 15.5 Å². The molecule has 144 valence electrons. The summed E-state index contributed by atoms with van der Waals surface area (Å²) in [5.41, 5.74) is 3.24. The molecule has 0 radical (unpaired) electrons. The summed E-state index contributed by atoms with van der Waals surface area (Å²) in [6.07, 6.45) is 1.25. The minimum absolute atomic E-state index is 0.0462. The highest BCUT2D eigenvalue weighted by molar-refractivity contribution is 7.11. The average molecular weight is 419 g/mol. The van der Waals surface area contributed by atoms with Crippen molar-refractivity contribution in [2.75, 3.05) is 6.61 Å². The van der Waals surface area contributed by atoms with Crippen LogP contribution < -0.4 is 10.3 Å². The molecule has 0 fully saturated rings. The zero-order chi connectivity index (χ0) is 20.1. The Morgan fingerprint density at radius 3 is 2.89 bits per heavy atom. The molecular weight excluding hydrogens is 404 g/mol. The van der Waals surface area contributed by atoms with Gasteiger partial charge in [0.05, 0.1) is 23.2 Å². The van der Waals surface area contributed by atoms with E-state index in [1.54, 1.807) is 25.1 Å². The first-order valence-electron chi connectivity index (χ1n) is 8.23. The summed E-state index contributed by atoms with van der Waals surface area (Å²) in [4.78, 5) is 39.9. The van der Waals surface area contributed by atoms with Crippen LogP contribution >= 0.6 is 22.9 Å². The molecular formula is C18H15ClN4O4S. The number of thiazole rings is 1. The largest absolute Gasteiger partial charge is 0.465 e. The van der Waals surface area contributed by atoms with Gasteiger partial charge in [-0.2, -0.15) is 5.10 Å². The van der Waals surface area contributed by atoms with Crippen LogP contribution in [0.2, 0.25) is 5.15 Å². The van der Waals surface area contributed by atoms with Crippen LogP contribution in [0.4, 0.5) is 0 Å². The fourth-order valence-corrected chi connectivity index (χ4v) is 3.46. The van der Waals surface area contributed by atoms with E-state index in [9.17, 15) is 14.4 Å². The van der Waals surface area contributed by atoms with Crippen LogP contribution in [0.15, 0.2) is 46.3 Å². The second-order valence-electron chi connectivity index (χ2n) is 5.50. The van der Waals surface area contributed by atoms with Gasteiger partial charge in [0.2, 0.25) is 0 Å². The maximum atomic E-state index is 12.2. The summed E-state index contributed by atoms with van der Waals surface area (Å²) in [6, 6.07) is 10.8. The molecule has 0 aliphatic heterocycles. The van der Waals surface area contributed by atoms with Gasteiger partial charge in [0.1, 0.15) is 17.4 Å². The molecule has 0 bridgehead atoms. The van der Waals surface area contributed by atoms with Crippen LogP contribution in [0.3, 0.4) is 0 Å². The topological polar surface area (TPSA) is 103 Å². The predicted octanol–water partition coefficient (Wildman–Crippen LogP) is 2.44. The summed E-state index contributed by atoms with van der Waals surface area (Å²) in [6.45, 7) is 1.59. The van der Waals surface area contributed by atoms with Crippen molar-refractivity contribution in [3.8, 4) is 0 Å². The van der Waals surface area contributed by atoms with Crippen molar-refractivity contribution >= 4 is 51.9 Å². The fourth-order valence-electron chi connectivity index (χ4n) is 2.35. The Bertz CT molecular complexity index is 1120. The number of nitrogens with one attached hydrogen (secondary N) is 1. The van der Waals surface area contributed by atoms with Gasteiger partial charge in [-0.15, -0.1) is 0 Å². The lowest BCUT2D eigenvalue weighted by Crippen LogP contribution is -2.21. The normalized spacial score (nSPS) is 11.1. The van der Waals surface area contributed by atoms with Crippen LogP contribution in [0.5, 0.6) is 0 Å². The minimum atomic E-state index is -0.566. The van der Waals surface area contributed by atoms with Crippen molar-refractivity contribution in [2.24, 2.45) is 5.10 Å². The summed E-state index contributed by atoms with van der Waals surface area (Å²) >= 11 is 6.92. The van der Waals surface area contributed by atoms with Crippen LogP contribution in [0, 0.1) is 0 Å². The molecule has 28 heavy (non-hydrogen) atoms. The van der Waals surface area contributed by atoms with Crippen LogP contribution in [0.25, 0.3) is 10.9 Å². The monoisotopic (exact) mass is 418 g/mol. The first kappa shape index (κ1) is 19.7. The first-order valence-corrected chi connectivity index (χ1v) is 9.43. The summed E-state index contributed by atoms with van der Waals surface area (Å²) in [7, 11) is 0. The fraction of sp³-hybridized carbons (Fsp3) is 0.167. The van der Waals surface area contributed by atoms with Gasteiger partial charge < -0.3 is 4.74 Å². The number of ether oxygens (including phenoxy) is 1. The van der Waals surface area contributed by atoms with Gasteiger partial charge >= 0.3 is 10.8 Å². The van der Waals surface area contributed by atoms with Crippen molar-refractivity contribution in [2.45, 2.75) is 13.5 Å². The third-order valence-electron chi connectivity index (χ3n) is 3.63. The quantitative estimate of drug-likeness (QED) is 0.376. The number of hydrazone groups is 1. The molecule has 2 aromatic heterocycles. The molecule has 8 nitrogen and oxygen atoms in total. The van der Waals surface area contributed by atoms with E-state index in [4.69, 9.17) is 16.3 Å². The molecule has 0 unspecified atom stereocenters. The number of carbonyl (C=O) groups excluding carboxylic acids is 2. The second kappa shape index (κ2) is 8.77. The number of fused-ring (bicyclic) bond motifs is 1. The zero-order valence-electron chi connectivity index (χ0n) is 14.7. The molecule has 1 amide bonds. The van der Waals surface area contributed by atoms with Gasteiger partial charge in [-0.3, -0.25) is 19.0 Å². The molecule has 3 rings (SSSR count). The van der Waals surface area contributed by atoms with Gasteiger partial charge in [-0.1, -0.05) is 47.2 Å².